The average molecular weight is 488 g/mol. The molecule has 0 aliphatic carbocycles. The van der Waals surface area contributed by atoms with Crippen LogP contribution in [0.3, 0.4) is 0 Å². The minimum absolute atomic E-state index is 0.0134. The third-order valence-corrected chi connectivity index (χ3v) is 6.11. The van der Waals surface area contributed by atoms with Crippen molar-refractivity contribution in [1.29, 1.82) is 0 Å². The molecule has 3 aromatic heterocycles. The second-order valence-corrected chi connectivity index (χ2v) is 8.35. The second kappa shape index (κ2) is 9.04. The quantitative estimate of drug-likeness (QED) is 0.445. The monoisotopic (exact) mass is 488 g/mol. The van der Waals surface area contributed by atoms with Gasteiger partial charge in [-0.2, -0.15) is 4.98 Å². The molecule has 1 aromatic carbocycles. The van der Waals surface area contributed by atoms with Crippen LogP contribution in [0.15, 0.2) is 30.5 Å². The van der Waals surface area contributed by atoms with Gasteiger partial charge in [-0.15, -0.1) is 10.2 Å². The van der Waals surface area contributed by atoms with Crippen molar-refractivity contribution in [3.8, 4) is 17.0 Å². The highest BCUT2D eigenvalue weighted by molar-refractivity contribution is 5.89. The van der Waals surface area contributed by atoms with Crippen LogP contribution in [0.2, 0.25) is 0 Å². The summed E-state index contributed by atoms with van der Waals surface area (Å²) in [5, 5.41) is 15.2. The zero-order valence-electron chi connectivity index (χ0n) is 19.0. The van der Waals surface area contributed by atoms with Crippen molar-refractivity contribution in [3.05, 3.63) is 30.5 Å². The van der Waals surface area contributed by atoms with E-state index in [1.54, 1.807) is 28.9 Å². The maximum Gasteiger partial charge on any atom is 0.258 e. The number of fused-ring (bicyclic) bond motifs is 2. The number of rotatable bonds is 6. The largest absolute Gasteiger partial charge is 0.479 e. The predicted octanol–water partition coefficient (Wildman–Crippen LogP) is 2.79. The molecule has 0 bridgehead atoms. The lowest BCUT2D eigenvalue weighted by atomic mass is 10.0. The normalized spacial score (nSPS) is 18.5. The minimum Gasteiger partial charge on any atom is -0.479 e. The standard InChI is InChI=1S/C22H23F3N8O2/c1-12(34)31-7-6-16(15(23)10-31)26-22-27-21(35-2)20-14(5-8-32(20)29-22)13-3-4-17-18(9-13)33(30-28-17)11-19(24)25/h3-5,8-9,15-16,19H,6-7,10-11H2,1-2H3,(H,26,29)/t15-,16+/m1/s1. The molecule has 0 unspecified atom stereocenters. The molecule has 1 aliphatic rings. The molecule has 1 saturated heterocycles. The number of hydrogen-bond acceptors (Lipinski definition) is 7. The lowest BCUT2D eigenvalue weighted by Gasteiger charge is -2.34. The Balaban J connectivity index is 1.47. The highest BCUT2D eigenvalue weighted by atomic mass is 19.3. The van der Waals surface area contributed by atoms with Gasteiger partial charge >= 0.3 is 0 Å². The van der Waals surface area contributed by atoms with E-state index in [0.29, 0.717) is 29.5 Å². The number of likely N-dealkylation sites (tertiary alicyclic amines) is 1. The van der Waals surface area contributed by atoms with Gasteiger partial charge in [-0.1, -0.05) is 11.3 Å². The smallest absolute Gasteiger partial charge is 0.258 e. The molecule has 1 N–H and O–H groups in total. The first kappa shape index (κ1) is 22.9. The second-order valence-electron chi connectivity index (χ2n) is 8.35. The van der Waals surface area contributed by atoms with Gasteiger partial charge in [-0.05, 0) is 30.2 Å². The number of nitrogens with one attached hydrogen (secondary N) is 1. The van der Waals surface area contributed by atoms with Crippen LogP contribution in [0.4, 0.5) is 19.1 Å². The van der Waals surface area contributed by atoms with Crippen molar-refractivity contribution in [1.82, 2.24) is 34.5 Å². The van der Waals surface area contributed by atoms with Gasteiger partial charge in [-0.3, -0.25) is 4.79 Å². The maximum absolute atomic E-state index is 14.7. The third-order valence-electron chi connectivity index (χ3n) is 6.11. The summed E-state index contributed by atoms with van der Waals surface area (Å²) in [6.07, 6.45) is -1.69. The van der Waals surface area contributed by atoms with Crippen LogP contribution in [0.5, 0.6) is 5.88 Å². The van der Waals surface area contributed by atoms with Gasteiger partial charge < -0.3 is 15.0 Å². The number of ether oxygens (including phenoxy) is 1. The van der Waals surface area contributed by atoms with Gasteiger partial charge in [0, 0.05) is 25.2 Å². The van der Waals surface area contributed by atoms with Crippen molar-refractivity contribution in [2.24, 2.45) is 0 Å². The van der Waals surface area contributed by atoms with E-state index < -0.39 is 25.2 Å². The molecule has 5 rings (SSSR count). The Morgan fingerprint density at radius 3 is 2.86 bits per heavy atom. The topological polar surface area (TPSA) is 102 Å². The van der Waals surface area contributed by atoms with Gasteiger partial charge in [0.2, 0.25) is 17.7 Å². The fourth-order valence-electron chi connectivity index (χ4n) is 4.35. The average Bonchev–Trinajstić information content (AvgIpc) is 3.43. The molecule has 4 heterocycles. The molecule has 4 aromatic rings. The van der Waals surface area contributed by atoms with Crippen LogP contribution >= 0.6 is 0 Å². The van der Waals surface area contributed by atoms with Crippen molar-refractivity contribution in [2.75, 3.05) is 25.5 Å². The lowest BCUT2D eigenvalue weighted by Crippen LogP contribution is -2.49. The number of alkyl halides is 3. The summed E-state index contributed by atoms with van der Waals surface area (Å²) >= 11 is 0. The SMILES string of the molecule is COc1nc(N[C@H]2CCN(C(C)=O)C[C@H]2F)nn2ccc(-c3ccc4nnn(CC(F)F)c4c3)c12. The molecule has 0 saturated carbocycles. The number of carbonyl (C=O) groups is 1. The molecule has 10 nitrogen and oxygen atoms in total. The number of anilines is 1. The van der Waals surface area contributed by atoms with Crippen molar-refractivity contribution in [3.63, 3.8) is 0 Å². The zero-order valence-corrected chi connectivity index (χ0v) is 19.0. The number of halogens is 3. The van der Waals surface area contributed by atoms with E-state index >= 15 is 0 Å². The molecule has 184 valence electrons. The Kier molecular flexibility index (Phi) is 5.91. The summed E-state index contributed by atoms with van der Waals surface area (Å²) < 4.78 is 48.8. The molecule has 35 heavy (non-hydrogen) atoms. The van der Waals surface area contributed by atoms with E-state index in [4.69, 9.17) is 4.74 Å². The Morgan fingerprint density at radius 2 is 2.14 bits per heavy atom. The Labute approximate surface area is 197 Å². The van der Waals surface area contributed by atoms with Crippen molar-refractivity contribution < 1.29 is 22.7 Å². The Morgan fingerprint density at radius 1 is 1.31 bits per heavy atom. The van der Waals surface area contributed by atoms with Crippen LogP contribution in [-0.2, 0) is 11.3 Å². The van der Waals surface area contributed by atoms with Crippen LogP contribution in [-0.4, -0.2) is 79.2 Å². The molecule has 13 heteroatoms. The number of methoxy groups -OCH3 is 1. The summed E-state index contributed by atoms with van der Waals surface area (Å²) in [4.78, 5) is 17.4. The molecule has 0 spiro atoms. The Hall–Kier alpha value is -3.90. The van der Waals surface area contributed by atoms with Crippen molar-refractivity contribution >= 4 is 28.4 Å². The summed E-state index contributed by atoms with van der Waals surface area (Å²) in [5.41, 5.74) is 2.99. The molecular formula is C22H23F3N8O2. The summed E-state index contributed by atoms with van der Waals surface area (Å²) in [6.45, 7) is 1.32. The number of benzene rings is 1. The highest BCUT2D eigenvalue weighted by Crippen LogP contribution is 2.33. The number of piperidine rings is 1. The third kappa shape index (κ3) is 4.33. The van der Waals surface area contributed by atoms with Gasteiger partial charge in [0.05, 0.1) is 25.2 Å². The number of amides is 1. The van der Waals surface area contributed by atoms with Crippen molar-refractivity contribution in [2.45, 2.75) is 38.5 Å². The fourth-order valence-corrected chi connectivity index (χ4v) is 4.35. The van der Waals surface area contributed by atoms with E-state index in [9.17, 15) is 18.0 Å². The molecular weight excluding hydrogens is 465 g/mol. The van der Waals surface area contributed by atoms with Crippen LogP contribution < -0.4 is 10.1 Å². The van der Waals surface area contributed by atoms with Gasteiger partial charge in [0.1, 0.15) is 23.7 Å². The first-order chi connectivity index (χ1) is 16.8. The molecule has 1 fully saturated rings. The molecule has 2 atom stereocenters. The van der Waals surface area contributed by atoms with Gasteiger partial charge in [-0.25, -0.2) is 22.4 Å². The van der Waals surface area contributed by atoms with Gasteiger partial charge in [0.15, 0.2) is 0 Å². The number of aromatic nitrogens is 6. The first-order valence-corrected chi connectivity index (χ1v) is 11.1. The van der Waals surface area contributed by atoms with E-state index in [0.717, 1.165) is 11.1 Å². The van der Waals surface area contributed by atoms with E-state index in [-0.39, 0.29) is 24.3 Å². The summed E-state index contributed by atoms with van der Waals surface area (Å²) in [6, 6.07) is 6.51. The Bertz CT molecular complexity index is 1390. The fraction of sp³-hybridized carbons (Fsp3) is 0.409. The van der Waals surface area contributed by atoms with Crippen LogP contribution in [0.25, 0.3) is 27.7 Å². The van der Waals surface area contributed by atoms with Crippen LogP contribution in [0, 0.1) is 0 Å². The minimum atomic E-state index is -2.56. The van der Waals surface area contributed by atoms with E-state index in [1.165, 1.54) is 23.6 Å². The molecule has 1 aliphatic heterocycles. The summed E-state index contributed by atoms with van der Waals surface area (Å²) in [5.74, 6) is 0.296. The number of nitrogens with zero attached hydrogens (tertiary/aromatic N) is 7. The van der Waals surface area contributed by atoms with E-state index in [1.807, 2.05) is 6.07 Å². The predicted molar refractivity (Wildman–Crippen MR) is 121 cm³/mol. The zero-order chi connectivity index (χ0) is 24.7. The van der Waals surface area contributed by atoms with Crippen LogP contribution in [0.1, 0.15) is 13.3 Å². The lowest BCUT2D eigenvalue weighted by molar-refractivity contribution is -0.131. The maximum atomic E-state index is 14.7. The van der Waals surface area contributed by atoms with Gasteiger partial charge in [0.25, 0.3) is 6.43 Å². The highest BCUT2D eigenvalue weighted by Gasteiger charge is 2.31. The molecule has 0 radical (unpaired) electrons. The number of carbonyl (C=O) groups excluding carboxylic acids is 1. The molecule has 1 amide bonds. The first-order valence-electron chi connectivity index (χ1n) is 11.1. The summed E-state index contributed by atoms with van der Waals surface area (Å²) in [7, 11) is 1.47. The van der Waals surface area contributed by atoms with E-state index in [2.05, 4.69) is 25.7 Å². The number of hydrogen-bond donors (Lipinski definition) is 1.